The van der Waals surface area contributed by atoms with Crippen molar-refractivity contribution >= 4 is 16.1 Å². The molecule has 2 rings (SSSR count). The normalized spacial score (nSPS) is 19.2. The second-order valence-corrected chi connectivity index (χ2v) is 7.54. The standard InChI is InChI=1S/C13H23N5O3S/c1-11-8-16-18(9-11)12-4-3-6-17(10-12)13(19)15-5-7-22(20,21)14-2/h8-9,12,14H,3-7,10H2,1-2H3,(H,15,19). The molecule has 0 aromatic carbocycles. The average molecular weight is 329 g/mol. The topological polar surface area (TPSA) is 96.3 Å². The van der Waals surface area contributed by atoms with Crippen molar-refractivity contribution in [3.8, 4) is 0 Å². The van der Waals surface area contributed by atoms with Crippen LogP contribution in [0, 0.1) is 6.92 Å². The Balaban J connectivity index is 1.85. The van der Waals surface area contributed by atoms with E-state index >= 15 is 0 Å². The molecule has 1 aromatic heterocycles. The zero-order valence-electron chi connectivity index (χ0n) is 12.9. The summed E-state index contributed by atoms with van der Waals surface area (Å²) in [6, 6.07) is -0.0471. The highest BCUT2D eigenvalue weighted by Gasteiger charge is 2.25. The molecule has 0 saturated carbocycles. The van der Waals surface area contributed by atoms with E-state index in [1.54, 1.807) is 4.90 Å². The summed E-state index contributed by atoms with van der Waals surface area (Å²) < 4.78 is 26.7. The molecule has 1 atom stereocenters. The summed E-state index contributed by atoms with van der Waals surface area (Å²) in [5.74, 6) is -0.120. The fourth-order valence-corrected chi connectivity index (χ4v) is 3.07. The van der Waals surface area contributed by atoms with E-state index in [1.807, 2.05) is 24.0 Å². The number of carbonyl (C=O) groups excluding carboxylic acids is 1. The summed E-state index contributed by atoms with van der Waals surface area (Å²) in [4.78, 5) is 13.8. The minimum absolute atomic E-state index is 0.101. The molecule has 0 spiro atoms. The van der Waals surface area contributed by atoms with E-state index in [0.29, 0.717) is 13.1 Å². The summed E-state index contributed by atoms with van der Waals surface area (Å²) >= 11 is 0. The Morgan fingerprint density at radius 3 is 2.91 bits per heavy atom. The van der Waals surface area contributed by atoms with Gasteiger partial charge in [0.25, 0.3) is 0 Å². The Kier molecular flexibility index (Phi) is 5.41. The first kappa shape index (κ1) is 16.8. The molecule has 1 aliphatic rings. The fraction of sp³-hybridized carbons (Fsp3) is 0.692. The highest BCUT2D eigenvalue weighted by molar-refractivity contribution is 7.89. The maximum atomic E-state index is 12.1. The maximum absolute atomic E-state index is 12.1. The van der Waals surface area contributed by atoms with Crippen molar-refractivity contribution in [2.75, 3.05) is 32.4 Å². The Bertz CT molecular complexity index is 613. The minimum Gasteiger partial charge on any atom is -0.337 e. The Morgan fingerprint density at radius 2 is 2.27 bits per heavy atom. The lowest BCUT2D eigenvalue weighted by molar-refractivity contribution is 0.164. The van der Waals surface area contributed by atoms with E-state index in [1.165, 1.54) is 7.05 Å². The van der Waals surface area contributed by atoms with E-state index in [9.17, 15) is 13.2 Å². The number of likely N-dealkylation sites (tertiary alicyclic amines) is 1. The molecule has 8 nitrogen and oxygen atoms in total. The summed E-state index contributed by atoms with van der Waals surface area (Å²) in [5.41, 5.74) is 1.10. The van der Waals surface area contributed by atoms with Gasteiger partial charge < -0.3 is 10.2 Å². The monoisotopic (exact) mass is 329 g/mol. The highest BCUT2D eigenvalue weighted by Crippen LogP contribution is 2.21. The lowest BCUT2D eigenvalue weighted by atomic mass is 10.1. The van der Waals surface area contributed by atoms with Gasteiger partial charge in [0.15, 0.2) is 0 Å². The first-order chi connectivity index (χ1) is 10.4. The van der Waals surface area contributed by atoms with Gasteiger partial charge in [0.05, 0.1) is 18.0 Å². The van der Waals surface area contributed by atoms with Crippen LogP contribution in [0.5, 0.6) is 0 Å². The molecule has 1 saturated heterocycles. The number of nitrogens with zero attached hydrogens (tertiary/aromatic N) is 3. The van der Waals surface area contributed by atoms with Gasteiger partial charge in [-0.2, -0.15) is 5.10 Å². The smallest absolute Gasteiger partial charge is 0.317 e. The quantitative estimate of drug-likeness (QED) is 0.800. The molecule has 0 bridgehead atoms. The number of aryl methyl sites for hydroxylation is 1. The van der Waals surface area contributed by atoms with Crippen LogP contribution in [0.3, 0.4) is 0 Å². The number of rotatable bonds is 5. The summed E-state index contributed by atoms with van der Waals surface area (Å²) in [6.45, 7) is 3.36. The van der Waals surface area contributed by atoms with Gasteiger partial charge in [0.1, 0.15) is 0 Å². The number of piperidine rings is 1. The molecule has 1 fully saturated rings. The van der Waals surface area contributed by atoms with E-state index in [4.69, 9.17) is 0 Å². The molecular weight excluding hydrogens is 306 g/mol. The third-order valence-electron chi connectivity index (χ3n) is 3.75. The average Bonchev–Trinajstić information content (AvgIpc) is 2.94. The molecule has 2 amide bonds. The van der Waals surface area contributed by atoms with Gasteiger partial charge >= 0.3 is 6.03 Å². The van der Waals surface area contributed by atoms with Crippen LogP contribution >= 0.6 is 0 Å². The SMILES string of the molecule is CNS(=O)(=O)CCNC(=O)N1CCCC(n2cc(C)cn2)C1. The van der Waals surface area contributed by atoms with Gasteiger partial charge in [-0.3, -0.25) is 4.68 Å². The van der Waals surface area contributed by atoms with Crippen LogP contribution in [0.4, 0.5) is 4.79 Å². The largest absolute Gasteiger partial charge is 0.337 e. The number of hydrogen-bond donors (Lipinski definition) is 2. The predicted octanol–water partition coefficient (Wildman–Crippen LogP) is 0.0872. The van der Waals surface area contributed by atoms with Crippen LogP contribution in [0.25, 0.3) is 0 Å². The molecule has 2 N–H and O–H groups in total. The summed E-state index contributed by atoms with van der Waals surface area (Å²) in [6.07, 6.45) is 5.68. The predicted molar refractivity (Wildman–Crippen MR) is 83.1 cm³/mol. The molecule has 1 unspecified atom stereocenters. The third-order valence-corrected chi connectivity index (χ3v) is 5.11. The molecule has 2 heterocycles. The van der Waals surface area contributed by atoms with Crippen molar-refractivity contribution in [2.45, 2.75) is 25.8 Å². The molecule has 1 aromatic rings. The van der Waals surface area contributed by atoms with Crippen LogP contribution in [-0.4, -0.2) is 61.6 Å². The van der Waals surface area contributed by atoms with Gasteiger partial charge in [0, 0.05) is 25.8 Å². The van der Waals surface area contributed by atoms with E-state index in [2.05, 4.69) is 15.1 Å². The van der Waals surface area contributed by atoms with Crippen LogP contribution in [0.2, 0.25) is 0 Å². The van der Waals surface area contributed by atoms with Crippen LogP contribution in [0.15, 0.2) is 12.4 Å². The van der Waals surface area contributed by atoms with Crippen LogP contribution < -0.4 is 10.0 Å². The Morgan fingerprint density at radius 1 is 1.50 bits per heavy atom. The van der Waals surface area contributed by atoms with Crippen molar-refractivity contribution in [3.63, 3.8) is 0 Å². The second kappa shape index (κ2) is 7.10. The highest BCUT2D eigenvalue weighted by atomic mass is 32.2. The molecule has 0 radical (unpaired) electrons. The van der Waals surface area contributed by atoms with E-state index < -0.39 is 10.0 Å². The number of sulfonamides is 1. The molecule has 0 aliphatic carbocycles. The van der Waals surface area contributed by atoms with E-state index in [-0.39, 0.29) is 24.4 Å². The lowest BCUT2D eigenvalue weighted by Gasteiger charge is -2.32. The van der Waals surface area contributed by atoms with Gasteiger partial charge in [0.2, 0.25) is 10.0 Å². The van der Waals surface area contributed by atoms with Gasteiger partial charge in [-0.25, -0.2) is 17.9 Å². The van der Waals surface area contributed by atoms with Gasteiger partial charge in [-0.15, -0.1) is 0 Å². The number of urea groups is 1. The number of aromatic nitrogens is 2. The molecule has 9 heteroatoms. The Labute approximate surface area is 130 Å². The number of amides is 2. The first-order valence-corrected chi connectivity index (χ1v) is 9.01. The third kappa shape index (κ3) is 4.44. The zero-order chi connectivity index (χ0) is 16.2. The van der Waals surface area contributed by atoms with Gasteiger partial charge in [-0.05, 0) is 32.4 Å². The maximum Gasteiger partial charge on any atom is 0.317 e. The second-order valence-electron chi connectivity index (χ2n) is 5.49. The van der Waals surface area contributed by atoms with Crippen molar-refractivity contribution < 1.29 is 13.2 Å². The molecule has 1 aliphatic heterocycles. The van der Waals surface area contributed by atoms with Crippen molar-refractivity contribution in [1.29, 1.82) is 0 Å². The van der Waals surface area contributed by atoms with E-state index in [0.717, 1.165) is 18.4 Å². The Hall–Kier alpha value is -1.61. The zero-order valence-corrected chi connectivity index (χ0v) is 13.8. The number of carbonyl (C=O) groups is 1. The minimum atomic E-state index is -3.29. The first-order valence-electron chi connectivity index (χ1n) is 7.36. The van der Waals surface area contributed by atoms with Crippen molar-refractivity contribution in [1.82, 2.24) is 24.7 Å². The van der Waals surface area contributed by atoms with Crippen LogP contribution in [-0.2, 0) is 10.0 Å². The summed E-state index contributed by atoms with van der Waals surface area (Å²) in [5, 5.41) is 6.97. The van der Waals surface area contributed by atoms with Crippen LogP contribution in [0.1, 0.15) is 24.4 Å². The van der Waals surface area contributed by atoms with Crippen molar-refractivity contribution in [3.05, 3.63) is 18.0 Å². The lowest BCUT2D eigenvalue weighted by Crippen LogP contribution is -2.47. The molecule has 124 valence electrons. The molecule has 22 heavy (non-hydrogen) atoms. The van der Waals surface area contributed by atoms with Crippen molar-refractivity contribution in [2.24, 2.45) is 0 Å². The summed E-state index contributed by atoms with van der Waals surface area (Å²) in [7, 11) is -1.93. The fourth-order valence-electron chi connectivity index (χ4n) is 2.49. The van der Waals surface area contributed by atoms with Gasteiger partial charge in [-0.1, -0.05) is 0 Å². The number of hydrogen-bond acceptors (Lipinski definition) is 4. The molecular formula is C13H23N5O3S. The number of nitrogens with one attached hydrogen (secondary N) is 2.